The molecule has 0 aliphatic heterocycles. The van der Waals surface area contributed by atoms with Gasteiger partial charge in [-0.05, 0) is 36.8 Å². The maximum Gasteiger partial charge on any atom is 0.294 e. The molecule has 1 aromatic heterocycles. The zero-order valence-corrected chi connectivity index (χ0v) is 9.98. The second-order valence-electron chi connectivity index (χ2n) is 3.67. The number of hydrogen-bond acceptors (Lipinski definition) is 3. The van der Waals surface area contributed by atoms with Gasteiger partial charge in [-0.15, -0.1) is 0 Å². The Morgan fingerprint density at radius 3 is 2.53 bits per heavy atom. The van der Waals surface area contributed by atoms with Gasteiger partial charge in [-0.3, -0.25) is 9.54 Å². The van der Waals surface area contributed by atoms with Crippen LogP contribution in [0.4, 0.5) is 0 Å². The predicted molar refractivity (Wildman–Crippen MR) is 64.2 cm³/mol. The highest BCUT2D eigenvalue weighted by molar-refractivity contribution is 7.85. The first-order valence-corrected chi connectivity index (χ1v) is 6.42. The van der Waals surface area contributed by atoms with Crippen molar-refractivity contribution < 1.29 is 13.0 Å². The molecule has 1 N–H and O–H groups in total. The van der Waals surface area contributed by atoms with E-state index in [9.17, 15) is 8.42 Å². The van der Waals surface area contributed by atoms with Crippen LogP contribution in [0.2, 0.25) is 0 Å². The highest BCUT2D eigenvalue weighted by Crippen LogP contribution is 2.24. The molecule has 0 aliphatic rings. The second kappa shape index (κ2) is 4.27. The average molecular weight is 249 g/mol. The smallest absolute Gasteiger partial charge is 0.282 e. The summed E-state index contributed by atoms with van der Waals surface area (Å²) in [6, 6.07) is 9.83. The first-order valence-electron chi connectivity index (χ1n) is 4.98. The van der Waals surface area contributed by atoms with Crippen LogP contribution < -0.4 is 0 Å². The molecule has 0 radical (unpaired) electrons. The SMILES string of the molecule is Cc1ccc(S(=O)(=O)O)cc1-c1ccccn1. The van der Waals surface area contributed by atoms with E-state index in [2.05, 4.69) is 4.98 Å². The Hall–Kier alpha value is -1.72. The Labute approximate surface area is 99.7 Å². The lowest BCUT2D eigenvalue weighted by Gasteiger charge is -2.06. The molecule has 0 saturated carbocycles. The highest BCUT2D eigenvalue weighted by atomic mass is 32.2. The minimum absolute atomic E-state index is 0.122. The molecule has 0 fully saturated rings. The Balaban J connectivity index is 2.63. The molecule has 0 aliphatic carbocycles. The zero-order valence-electron chi connectivity index (χ0n) is 9.16. The zero-order chi connectivity index (χ0) is 12.5. The molecular formula is C12H11NO3S. The summed E-state index contributed by atoms with van der Waals surface area (Å²) in [4.78, 5) is 4.04. The van der Waals surface area contributed by atoms with Crippen molar-refractivity contribution in [2.75, 3.05) is 0 Å². The van der Waals surface area contributed by atoms with Gasteiger partial charge >= 0.3 is 0 Å². The van der Waals surface area contributed by atoms with E-state index in [0.29, 0.717) is 11.3 Å². The minimum atomic E-state index is -4.18. The van der Waals surface area contributed by atoms with Crippen LogP contribution in [0.5, 0.6) is 0 Å². The van der Waals surface area contributed by atoms with E-state index in [-0.39, 0.29) is 4.90 Å². The first kappa shape index (κ1) is 11.8. The molecule has 0 saturated heterocycles. The van der Waals surface area contributed by atoms with Gasteiger partial charge in [0.15, 0.2) is 0 Å². The third-order valence-electron chi connectivity index (χ3n) is 2.45. The van der Waals surface area contributed by atoms with E-state index in [1.807, 2.05) is 13.0 Å². The molecule has 0 atom stereocenters. The van der Waals surface area contributed by atoms with Gasteiger partial charge in [0.1, 0.15) is 0 Å². The van der Waals surface area contributed by atoms with Crippen molar-refractivity contribution in [3.8, 4) is 11.3 Å². The Bertz CT molecular complexity index is 636. The Kier molecular flexibility index (Phi) is 2.95. The molecule has 2 aromatic rings. The first-order chi connectivity index (χ1) is 7.98. The molecule has 0 amide bonds. The maximum absolute atomic E-state index is 11.1. The molecule has 2 rings (SSSR count). The molecule has 0 unspecified atom stereocenters. The summed E-state index contributed by atoms with van der Waals surface area (Å²) in [7, 11) is -4.18. The average Bonchev–Trinajstić information content (AvgIpc) is 2.29. The van der Waals surface area contributed by atoms with Crippen molar-refractivity contribution in [1.29, 1.82) is 0 Å². The fourth-order valence-corrected chi connectivity index (χ4v) is 2.07. The predicted octanol–water partition coefficient (Wildman–Crippen LogP) is 2.30. The second-order valence-corrected chi connectivity index (χ2v) is 5.09. The monoisotopic (exact) mass is 249 g/mol. The Morgan fingerprint density at radius 2 is 1.94 bits per heavy atom. The molecule has 0 bridgehead atoms. The van der Waals surface area contributed by atoms with Crippen molar-refractivity contribution in [3.05, 3.63) is 48.2 Å². The number of rotatable bonds is 2. The summed E-state index contributed by atoms with van der Waals surface area (Å²) in [5, 5.41) is 0. The van der Waals surface area contributed by atoms with E-state index in [1.54, 1.807) is 24.4 Å². The van der Waals surface area contributed by atoms with E-state index in [4.69, 9.17) is 4.55 Å². The largest absolute Gasteiger partial charge is 0.294 e. The lowest BCUT2D eigenvalue weighted by Crippen LogP contribution is -1.99. The third kappa shape index (κ3) is 2.51. The van der Waals surface area contributed by atoms with Crippen LogP contribution in [0.1, 0.15) is 5.56 Å². The third-order valence-corrected chi connectivity index (χ3v) is 3.30. The summed E-state index contributed by atoms with van der Waals surface area (Å²) in [6.45, 7) is 1.86. The van der Waals surface area contributed by atoms with Gasteiger partial charge in [-0.1, -0.05) is 12.1 Å². The van der Waals surface area contributed by atoms with Gasteiger partial charge in [0.25, 0.3) is 10.1 Å². The summed E-state index contributed by atoms with van der Waals surface area (Å²) >= 11 is 0. The van der Waals surface area contributed by atoms with Crippen LogP contribution >= 0.6 is 0 Å². The van der Waals surface area contributed by atoms with Gasteiger partial charge in [0.2, 0.25) is 0 Å². The van der Waals surface area contributed by atoms with Crippen LogP contribution in [0.25, 0.3) is 11.3 Å². The normalized spacial score (nSPS) is 11.4. The van der Waals surface area contributed by atoms with Gasteiger partial charge in [-0.25, -0.2) is 0 Å². The number of nitrogens with zero attached hydrogens (tertiary/aromatic N) is 1. The van der Waals surface area contributed by atoms with Crippen molar-refractivity contribution in [2.24, 2.45) is 0 Å². The lowest BCUT2D eigenvalue weighted by molar-refractivity contribution is 0.483. The molecule has 1 aromatic carbocycles. The molecular weight excluding hydrogens is 238 g/mol. The van der Waals surface area contributed by atoms with E-state index >= 15 is 0 Å². The summed E-state index contributed by atoms with van der Waals surface area (Å²) in [5.41, 5.74) is 2.27. The molecule has 88 valence electrons. The maximum atomic E-state index is 11.1. The topological polar surface area (TPSA) is 67.3 Å². The van der Waals surface area contributed by atoms with E-state index in [1.165, 1.54) is 12.1 Å². The summed E-state index contributed by atoms with van der Waals surface area (Å²) in [6.07, 6.45) is 1.63. The van der Waals surface area contributed by atoms with Crippen molar-refractivity contribution in [1.82, 2.24) is 4.98 Å². The molecule has 4 nitrogen and oxygen atoms in total. The van der Waals surface area contributed by atoms with Gasteiger partial charge < -0.3 is 0 Å². The number of aromatic nitrogens is 1. The van der Waals surface area contributed by atoms with Crippen LogP contribution in [0.3, 0.4) is 0 Å². The molecule has 5 heteroatoms. The van der Waals surface area contributed by atoms with Crippen molar-refractivity contribution >= 4 is 10.1 Å². The number of pyridine rings is 1. The van der Waals surface area contributed by atoms with Crippen LogP contribution in [-0.4, -0.2) is 18.0 Å². The minimum Gasteiger partial charge on any atom is -0.282 e. The molecule has 17 heavy (non-hydrogen) atoms. The van der Waals surface area contributed by atoms with Crippen LogP contribution in [0.15, 0.2) is 47.5 Å². The van der Waals surface area contributed by atoms with Crippen molar-refractivity contribution in [2.45, 2.75) is 11.8 Å². The summed E-state index contributed by atoms with van der Waals surface area (Å²) in [5.74, 6) is 0. The summed E-state index contributed by atoms with van der Waals surface area (Å²) < 4.78 is 31.1. The van der Waals surface area contributed by atoms with Gasteiger partial charge in [0.05, 0.1) is 10.6 Å². The fourth-order valence-electron chi connectivity index (χ4n) is 1.56. The number of aryl methyl sites for hydroxylation is 1. The molecule has 0 spiro atoms. The van der Waals surface area contributed by atoms with Crippen molar-refractivity contribution in [3.63, 3.8) is 0 Å². The van der Waals surface area contributed by atoms with E-state index in [0.717, 1.165) is 5.56 Å². The Morgan fingerprint density at radius 1 is 1.18 bits per heavy atom. The van der Waals surface area contributed by atoms with Crippen LogP contribution in [0, 0.1) is 6.92 Å². The number of hydrogen-bond donors (Lipinski definition) is 1. The molecule has 1 heterocycles. The number of benzene rings is 1. The van der Waals surface area contributed by atoms with E-state index < -0.39 is 10.1 Å². The highest BCUT2D eigenvalue weighted by Gasteiger charge is 2.12. The quantitative estimate of drug-likeness (QED) is 0.829. The fraction of sp³-hybridized carbons (Fsp3) is 0.0833. The standard InChI is InChI=1S/C12H11NO3S/c1-9-5-6-10(17(14,15)16)8-11(9)12-4-2-3-7-13-12/h2-8H,1H3,(H,14,15,16). The van der Waals surface area contributed by atoms with Gasteiger partial charge in [0, 0.05) is 11.8 Å². The van der Waals surface area contributed by atoms with Gasteiger partial charge in [-0.2, -0.15) is 8.42 Å². The van der Waals surface area contributed by atoms with Crippen LogP contribution in [-0.2, 0) is 10.1 Å². The lowest BCUT2D eigenvalue weighted by atomic mass is 10.1.